The van der Waals surface area contributed by atoms with E-state index in [0.717, 1.165) is 24.5 Å². The molecule has 0 aliphatic carbocycles. The molecule has 1 unspecified atom stereocenters. The van der Waals surface area contributed by atoms with E-state index in [0.29, 0.717) is 12.6 Å². The van der Waals surface area contributed by atoms with Gasteiger partial charge in [-0.25, -0.2) is 4.99 Å². The summed E-state index contributed by atoms with van der Waals surface area (Å²) in [5.41, 5.74) is 1.03. The number of guanidine groups is 1. The third-order valence-corrected chi connectivity index (χ3v) is 4.45. The van der Waals surface area contributed by atoms with Crippen LogP contribution in [0.4, 0.5) is 5.69 Å². The van der Waals surface area contributed by atoms with Crippen LogP contribution in [0, 0.1) is 10.1 Å². The monoisotopic (exact) mass is 474 g/mol. The highest BCUT2D eigenvalue weighted by Crippen LogP contribution is 2.12. The molecule has 0 saturated carbocycles. The average molecular weight is 474 g/mol. The van der Waals surface area contributed by atoms with Gasteiger partial charge in [0.15, 0.2) is 5.96 Å². The Kier molecular flexibility index (Phi) is 9.43. The Bertz CT molecular complexity index is 674. The van der Waals surface area contributed by atoms with Crippen LogP contribution >= 0.6 is 35.3 Å². The van der Waals surface area contributed by atoms with E-state index in [1.54, 1.807) is 23.5 Å². The third kappa shape index (κ3) is 7.39. The van der Waals surface area contributed by atoms with Crippen LogP contribution in [0.2, 0.25) is 0 Å². The second-order valence-electron chi connectivity index (χ2n) is 5.47. The average Bonchev–Trinajstić information content (AvgIpc) is 3.11. The minimum Gasteiger partial charge on any atom is -0.354 e. The van der Waals surface area contributed by atoms with Crippen molar-refractivity contribution >= 4 is 47.0 Å². The molecule has 1 aromatic heterocycles. The van der Waals surface area contributed by atoms with E-state index in [4.69, 9.17) is 0 Å². The maximum Gasteiger partial charge on any atom is 0.269 e. The molecule has 0 spiro atoms. The van der Waals surface area contributed by atoms with Crippen LogP contribution in [0.25, 0.3) is 0 Å². The molecule has 0 saturated heterocycles. The zero-order valence-corrected chi connectivity index (χ0v) is 17.4. The standard InChI is InChI=1S/C17H22N4O2S.HI/c1-3-13(2)20-17(19-12-16-5-4-10-24-16)18-11-14-6-8-15(9-7-14)21(22)23;/h4-10,13H,3,11-12H2,1-2H3,(H2,18,19,20);1H. The van der Waals surface area contributed by atoms with Crippen LogP contribution in [-0.2, 0) is 13.1 Å². The number of aliphatic imine (C=N–C) groups is 1. The van der Waals surface area contributed by atoms with Gasteiger partial charge in [-0.2, -0.15) is 0 Å². The molecule has 0 aliphatic rings. The summed E-state index contributed by atoms with van der Waals surface area (Å²) in [4.78, 5) is 16.1. The van der Waals surface area contributed by atoms with Crippen molar-refractivity contribution in [2.24, 2.45) is 4.99 Å². The lowest BCUT2D eigenvalue weighted by Gasteiger charge is -2.16. The van der Waals surface area contributed by atoms with Gasteiger partial charge < -0.3 is 10.6 Å². The zero-order chi connectivity index (χ0) is 17.4. The van der Waals surface area contributed by atoms with E-state index < -0.39 is 4.92 Å². The summed E-state index contributed by atoms with van der Waals surface area (Å²) in [6.07, 6.45) is 0.997. The molecule has 1 heterocycles. The molecule has 0 amide bonds. The molecule has 1 aromatic carbocycles. The largest absolute Gasteiger partial charge is 0.354 e. The smallest absolute Gasteiger partial charge is 0.269 e. The van der Waals surface area contributed by atoms with E-state index in [2.05, 4.69) is 35.5 Å². The Morgan fingerprint density at radius 3 is 2.60 bits per heavy atom. The van der Waals surface area contributed by atoms with Crippen LogP contribution in [0.1, 0.15) is 30.7 Å². The summed E-state index contributed by atoms with van der Waals surface area (Å²) in [7, 11) is 0. The van der Waals surface area contributed by atoms with E-state index in [1.165, 1.54) is 17.0 Å². The highest BCUT2D eigenvalue weighted by Gasteiger charge is 2.06. The number of non-ortho nitro benzene ring substituents is 1. The van der Waals surface area contributed by atoms with Crippen molar-refractivity contribution in [1.29, 1.82) is 0 Å². The van der Waals surface area contributed by atoms with Crippen molar-refractivity contribution < 1.29 is 4.92 Å². The molecule has 2 aromatic rings. The Morgan fingerprint density at radius 1 is 1.32 bits per heavy atom. The third-order valence-electron chi connectivity index (χ3n) is 3.57. The van der Waals surface area contributed by atoms with Crippen molar-refractivity contribution in [3.63, 3.8) is 0 Å². The molecule has 2 N–H and O–H groups in total. The fourth-order valence-corrected chi connectivity index (χ4v) is 2.61. The molecule has 1 atom stereocenters. The van der Waals surface area contributed by atoms with Crippen molar-refractivity contribution in [3.05, 3.63) is 62.3 Å². The van der Waals surface area contributed by atoms with Gasteiger partial charge in [-0.3, -0.25) is 10.1 Å². The summed E-state index contributed by atoms with van der Waals surface area (Å²) >= 11 is 1.70. The summed E-state index contributed by atoms with van der Waals surface area (Å²) in [6, 6.07) is 10.9. The lowest BCUT2D eigenvalue weighted by atomic mass is 10.2. The summed E-state index contributed by atoms with van der Waals surface area (Å²) < 4.78 is 0. The maximum absolute atomic E-state index is 10.7. The lowest BCUT2D eigenvalue weighted by Crippen LogP contribution is -2.41. The summed E-state index contributed by atoms with van der Waals surface area (Å²) in [5, 5.41) is 19.4. The van der Waals surface area contributed by atoms with Crippen molar-refractivity contribution in [2.45, 2.75) is 39.4 Å². The van der Waals surface area contributed by atoms with Gasteiger partial charge >= 0.3 is 0 Å². The first kappa shape index (κ1) is 21.4. The van der Waals surface area contributed by atoms with Gasteiger partial charge in [-0.1, -0.05) is 25.1 Å². The van der Waals surface area contributed by atoms with Gasteiger partial charge in [-0.15, -0.1) is 35.3 Å². The second kappa shape index (κ2) is 11.0. The predicted molar refractivity (Wildman–Crippen MR) is 114 cm³/mol. The number of hydrogen-bond acceptors (Lipinski definition) is 4. The zero-order valence-electron chi connectivity index (χ0n) is 14.3. The quantitative estimate of drug-likeness (QED) is 0.206. The molecule has 0 fully saturated rings. The van der Waals surface area contributed by atoms with E-state index in [1.807, 2.05) is 11.4 Å². The number of rotatable bonds is 7. The second-order valence-corrected chi connectivity index (χ2v) is 6.51. The van der Waals surface area contributed by atoms with Gasteiger partial charge in [0.2, 0.25) is 0 Å². The SMILES string of the molecule is CCC(C)NC(=NCc1ccc([N+](=O)[O-])cc1)NCc1cccs1.I. The van der Waals surface area contributed by atoms with Crippen LogP contribution in [0.5, 0.6) is 0 Å². The molecular weight excluding hydrogens is 451 g/mol. The fourth-order valence-electron chi connectivity index (χ4n) is 1.97. The van der Waals surface area contributed by atoms with Gasteiger partial charge in [-0.05, 0) is 30.4 Å². The van der Waals surface area contributed by atoms with Gasteiger partial charge in [0.25, 0.3) is 5.69 Å². The number of nitro groups is 1. The highest BCUT2D eigenvalue weighted by atomic mass is 127. The summed E-state index contributed by atoms with van der Waals surface area (Å²) in [5.74, 6) is 0.746. The molecule has 0 bridgehead atoms. The highest BCUT2D eigenvalue weighted by molar-refractivity contribution is 14.0. The Balaban J connectivity index is 0.00000312. The minimum atomic E-state index is -0.397. The number of benzene rings is 1. The van der Waals surface area contributed by atoms with Crippen LogP contribution in [0.15, 0.2) is 46.8 Å². The molecule has 25 heavy (non-hydrogen) atoms. The number of nitro benzene ring substituents is 1. The molecule has 136 valence electrons. The summed E-state index contributed by atoms with van der Waals surface area (Å²) in [6.45, 7) is 5.41. The van der Waals surface area contributed by atoms with Crippen molar-refractivity contribution in [2.75, 3.05) is 0 Å². The normalized spacial score (nSPS) is 12.2. The molecule has 6 nitrogen and oxygen atoms in total. The molecule has 2 rings (SSSR count). The number of hydrogen-bond donors (Lipinski definition) is 2. The van der Waals surface area contributed by atoms with E-state index in [-0.39, 0.29) is 29.7 Å². The van der Waals surface area contributed by atoms with E-state index >= 15 is 0 Å². The predicted octanol–water partition coefficient (Wildman–Crippen LogP) is 4.31. The number of thiophene rings is 1. The first-order chi connectivity index (χ1) is 11.6. The van der Waals surface area contributed by atoms with Crippen LogP contribution in [0.3, 0.4) is 0 Å². The molecule has 8 heteroatoms. The Morgan fingerprint density at radius 2 is 2.04 bits per heavy atom. The topological polar surface area (TPSA) is 79.6 Å². The van der Waals surface area contributed by atoms with Crippen LogP contribution in [-0.4, -0.2) is 16.9 Å². The molecular formula is C17H23IN4O2S. The maximum atomic E-state index is 10.7. The first-order valence-corrected chi connectivity index (χ1v) is 8.77. The molecule has 0 radical (unpaired) electrons. The first-order valence-electron chi connectivity index (χ1n) is 7.89. The number of nitrogens with zero attached hydrogens (tertiary/aromatic N) is 2. The van der Waals surface area contributed by atoms with E-state index in [9.17, 15) is 10.1 Å². The van der Waals surface area contributed by atoms with Crippen LogP contribution < -0.4 is 10.6 Å². The Labute approximate surface area is 168 Å². The van der Waals surface area contributed by atoms with Crippen molar-refractivity contribution in [3.8, 4) is 0 Å². The number of halogens is 1. The van der Waals surface area contributed by atoms with Gasteiger partial charge in [0.05, 0.1) is 18.0 Å². The fraction of sp³-hybridized carbons (Fsp3) is 0.353. The van der Waals surface area contributed by atoms with Crippen molar-refractivity contribution in [1.82, 2.24) is 10.6 Å². The minimum absolute atomic E-state index is 0. The van der Waals surface area contributed by atoms with Gasteiger partial charge in [0, 0.05) is 23.1 Å². The number of nitrogens with one attached hydrogen (secondary N) is 2. The lowest BCUT2D eigenvalue weighted by molar-refractivity contribution is -0.384. The Hall–Kier alpha value is -1.68. The van der Waals surface area contributed by atoms with Gasteiger partial charge in [0.1, 0.15) is 0 Å². The molecule has 0 aliphatic heterocycles.